The molecule has 0 aliphatic heterocycles. The van der Waals surface area contributed by atoms with Crippen LogP contribution >= 0.6 is 0 Å². The van der Waals surface area contributed by atoms with E-state index in [1.807, 2.05) is 0 Å². The Bertz CT molecular complexity index is 1380. The van der Waals surface area contributed by atoms with Crippen molar-refractivity contribution in [2.45, 2.75) is 64.5 Å². The van der Waals surface area contributed by atoms with Gasteiger partial charge in [-0.3, -0.25) is 19.6 Å². The molecule has 39 heavy (non-hydrogen) atoms. The molecule has 0 saturated carbocycles. The average molecular weight is 562 g/mol. The number of pyridine rings is 2. The number of ether oxygens (including phenoxy) is 2. The number of fused-ring (bicyclic) bond motifs is 3. The summed E-state index contributed by atoms with van der Waals surface area (Å²) >= 11 is 0. The maximum absolute atomic E-state index is 14.5. The summed E-state index contributed by atoms with van der Waals surface area (Å²) in [7, 11) is 0. The van der Waals surface area contributed by atoms with Crippen LogP contribution in [0.5, 0.6) is 0 Å². The van der Waals surface area contributed by atoms with Crippen LogP contribution in [0.3, 0.4) is 0 Å². The van der Waals surface area contributed by atoms with Gasteiger partial charge in [-0.2, -0.15) is 26.3 Å². The SMILES string of the molecule is CC(C)OC(=O)C(Cc1cnc2c(cc(C(O)(O)C(F)(F)F)c3ncccc32)c1C(F)(F)F)C(=O)OC(C)C. The lowest BCUT2D eigenvalue weighted by molar-refractivity contribution is -0.357. The van der Waals surface area contributed by atoms with Gasteiger partial charge in [0.05, 0.1) is 28.8 Å². The third kappa shape index (κ3) is 6.06. The van der Waals surface area contributed by atoms with Crippen LogP contribution in [0, 0.1) is 5.92 Å². The van der Waals surface area contributed by atoms with Crippen molar-refractivity contribution in [1.29, 1.82) is 0 Å². The number of carbonyl (C=O) groups excluding carboxylic acids is 2. The first-order chi connectivity index (χ1) is 17.9. The van der Waals surface area contributed by atoms with Crippen LogP contribution in [-0.2, 0) is 37.4 Å². The minimum absolute atomic E-state index is 0.297. The molecule has 1 aromatic carbocycles. The highest BCUT2D eigenvalue weighted by atomic mass is 19.4. The summed E-state index contributed by atoms with van der Waals surface area (Å²) in [5.41, 5.74) is -4.71. The fourth-order valence-corrected chi connectivity index (χ4v) is 3.97. The molecule has 8 nitrogen and oxygen atoms in total. The van der Waals surface area contributed by atoms with E-state index in [1.54, 1.807) is 0 Å². The highest BCUT2D eigenvalue weighted by molar-refractivity contribution is 6.07. The first kappa shape index (κ1) is 30.0. The number of hydrogen-bond acceptors (Lipinski definition) is 8. The number of benzene rings is 1. The van der Waals surface area contributed by atoms with Gasteiger partial charge in [-0.05, 0) is 57.9 Å². The Morgan fingerprint density at radius 2 is 1.46 bits per heavy atom. The lowest BCUT2D eigenvalue weighted by Crippen LogP contribution is -2.42. The van der Waals surface area contributed by atoms with Crippen molar-refractivity contribution in [3.63, 3.8) is 0 Å². The second-order valence-electron chi connectivity index (χ2n) is 9.27. The van der Waals surface area contributed by atoms with Gasteiger partial charge in [-0.1, -0.05) is 0 Å². The van der Waals surface area contributed by atoms with E-state index in [0.717, 1.165) is 18.5 Å². The first-order valence-corrected chi connectivity index (χ1v) is 11.6. The molecule has 2 N–H and O–H groups in total. The minimum Gasteiger partial charge on any atom is -0.462 e. The lowest BCUT2D eigenvalue weighted by atomic mass is 9.90. The zero-order valence-electron chi connectivity index (χ0n) is 21.0. The normalized spacial score (nSPS) is 13.1. The summed E-state index contributed by atoms with van der Waals surface area (Å²) in [6, 6.07) is 2.64. The van der Waals surface area contributed by atoms with Crippen molar-refractivity contribution < 1.29 is 55.6 Å². The van der Waals surface area contributed by atoms with E-state index in [1.165, 1.54) is 33.8 Å². The number of nitrogens with zero attached hydrogens (tertiary/aromatic N) is 2. The van der Waals surface area contributed by atoms with Gasteiger partial charge in [-0.15, -0.1) is 0 Å². The number of rotatable bonds is 7. The fraction of sp³-hybridized carbons (Fsp3) is 0.440. The van der Waals surface area contributed by atoms with Gasteiger partial charge in [0.25, 0.3) is 5.79 Å². The number of hydrogen-bond donors (Lipinski definition) is 2. The van der Waals surface area contributed by atoms with Gasteiger partial charge in [0.2, 0.25) is 0 Å². The van der Waals surface area contributed by atoms with Crippen molar-refractivity contribution in [3.8, 4) is 0 Å². The van der Waals surface area contributed by atoms with Crippen molar-refractivity contribution in [2.24, 2.45) is 5.92 Å². The van der Waals surface area contributed by atoms with E-state index in [4.69, 9.17) is 9.47 Å². The number of aliphatic hydroxyl groups is 2. The van der Waals surface area contributed by atoms with E-state index in [0.29, 0.717) is 6.07 Å². The minimum atomic E-state index is -5.71. The monoisotopic (exact) mass is 562 g/mol. The first-order valence-electron chi connectivity index (χ1n) is 11.6. The largest absolute Gasteiger partial charge is 0.462 e. The van der Waals surface area contributed by atoms with E-state index in [-0.39, 0.29) is 5.39 Å². The van der Waals surface area contributed by atoms with Crippen molar-refractivity contribution in [1.82, 2.24) is 9.97 Å². The third-order valence-corrected chi connectivity index (χ3v) is 5.55. The van der Waals surface area contributed by atoms with E-state index < -0.39 is 87.7 Å². The highest BCUT2D eigenvalue weighted by Crippen LogP contribution is 2.44. The van der Waals surface area contributed by atoms with Gasteiger partial charge >= 0.3 is 24.3 Å². The quantitative estimate of drug-likeness (QED) is 0.141. The fourth-order valence-electron chi connectivity index (χ4n) is 3.97. The Balaban J connectivity index is 2.36. The summed E-state index contributed by atoms with van der Waals surface area (Å²) in [5, 5.41) is 18.7. The van der Waals surface area contributed by atoms with Crippen molar-refractivity contribution in [3.05, 3.63) is 47.3 Å². The molecular weight excluding hydrogens is 538 g/mol. The van der Waals surface area contributed by atoms with Gasteiger partial charge in [0, 0.05) is 28.7 Å². The molecule has 0 aliphatic carbocycles. The molecule has 2 aromatic heterocycles. The number of carbonyl (C=O) groups is 2. The molecule has 0 spiro atoms. The number of aromatic nitrogens is 2. The Morgan fingerprint density at radius 1 is 0.897 bits per heavy atom. The molecular formula is C25H24F6N2O6. The Morgan fingerprint density at radius 3 is 1.95 bits per heavy atom. The molecule has 0 amide bonds. The number of halogens is 6. The lowest BCUT2D eigenvalue weighted by Gasteiger charge is -2.27. The molecule has 0 fully saturated rings. The zero-order valence-corrected chi connectivity index (χ0v) is 21.0. The van der Waals surface area contributed by atoms with E-state index in [2.05, 4.69) is 9.97 Å². The molecule has 2 heterocycles. The summed E-state index contributed by atoms with van der Waals surface area (Å²) in [5.74, 6) is -8.78. The molecule has 0 atom stereocenters. The van der Waals surface area contributed by atoms with Gasteiger partial charge in [-0.25, -0.2) is 0 Å². The van der Waals surface area contributed by atoms with Crippen LogP contribution in [0.25, 0.3) is 21.8 Å². The van der Waals surface area contributed by atoms with Gasteiger partial charge in [0.15, 0.2) is 5.92 Å². The summed E-state index contributed by atoms with van der Waals surface area (Å²) in [6.07, 6.45) is -11.6. The maximum atomic E-state index is 14.5. The molecule has 0 unspecified atom stereocenters. The van der Waals surface area contributed by atoms with Crippen LogP contribution in [0.15, 0.2) is 30.6 Å². The molecule has 0 aliphatic rings. The summed E-state index contributed by atoms with van der Waals surface area (Å²) < 4.78 is 94.2. The van der Waals surface area contributed by atoms with E-state index in [9.17, 15) is 46.1 Å². The second kappa shape index (κ2) is 10.6. The molecule has 0 saturated heterocycles. The predicted octanol–water partition coefficient (Wildman–Crippen LogP) is 4.56. The van der Waals surface area contributed by atoms with Crippen molar-refractivity contribution in [2.75, 3.05) is 0 Å². The Kier molecular flexibility index (Phi) is 8.14. The average Bonchev–Trinajstić information content (AvgIpc) is 2.78. The van der Waals surface area contributed by atoms with Gasteiger partial charge < -0.3 is 19.7 Å². The Labute approximate surface area is 217 Å². The summed E-state index contributed by atoms with van der Waals surface area (Å²) in [4.78, 5) is 33.0. The molecule has 14 heteroatoms. The maximum Gasteiger partial charge on any atom is 0.447 e. The topological polar surface area (TPSA) is 119 Å². The van der Waals surface area contributed by atoms with Crippen LogP contribution in [0.2, 0.25) is 0 Å². The number of esters is 2. The van der Waals surface area contributed by atoms with Crippen LogP contribution < -0.4 is 0 Å². The highest BCUT2D eigenvalue weighted by Gasteiger charge is 2.55. The van der Waals surface area contributed by atoms with Crippen LogP contribution in [0.4, 0.5) is 26.3 Å². The smallest absolute Gasteiger partial charge is 0.447 e. The number of alkyl halides is 6. The third-order valence-electron chi connectivity index (χ3n) is 5.55. The molecule has 212 valence electrons. The molecule has 0 radical (unpaired) electrons. The molecule has 3 aromatic rings. The van der Waals surface area contributed by atoms with Crippen LogP contribution in [-0.4, -0.2) is 50.5 Å². The molecule has 3 rings (SSSR count). The standard InChI is InChI=1S/C25H24F6N2O6/c1-11(2)38-21(34)16(22(35)39-12(3)4)8-13-10-33-19-14-6-5-7-32-20(14)17(23(36,37)25(29,30)31)9-15(19)18(13)24(26,27)28/h5-7,9-12,16,36-37H,8H2,1-4H3. The molecule has 0 bridgehead atoms. The summed E-state index contributed by atoms with van der Waals surface area (Å²) in [6.45, 7) is 5.83. The van der Waals surface area contributed by atoms with E-state index >= 15 is 0 Å². The van der Waals surface area contributed by atoms with Crippen molar-refractivity contribution >= 4 is 33.7 Å². The van der Waals surface area contributed by atoms with Crippen LogP contribution in [0.1, 0.15) is 44.4 Å². The zero-order chi connectivity index (χ0) is 29.5. The second-order valence-corrected chi connectivity index (χ2v) is 9.27. The Hall–Kier alpha value is -3.52. The predicted molar refractivity (Wildman–Crippen MR) is 124 cm³/mol. The van der Waals surface area contributed by atoms with Gasteiger partial charge in [0.1, 0.15) is 0 Å².